The van der Waals surface area contributed by atoms with Crippen LogP contribution in [0, 0.1) is 11.6 Å². The lowest BCUT2D eigenvalue weighted by molar-refractivity contribution is -0.144. The molecule has 0 saturated carbocycles. The van der Waals surface area contributed by atoms with Crippen molar-refractivity contribution in [3.63, 3.8) is 0 Å². The Morgan fingerprint density at radius 3 is 2.57 bits per heavy atom. The Morgan fingerprint density at radius 1 is 1.02 bits per heavy atom. The third-order valence-electron chi connectivity index (χ3n) is 6.54. The van der Waals surface area contributed by atoms with Crippen LogP contribution in [0.1, 0.15) is 31.2 Å². The lowest BCUT2D eigenvalue weighted by Gasteiger charge is -2.28. The fraction of sp³-hybridized carbons (Fsp3) is 0.400. The molecule has 0 radical (unpaired) electrons. The van der Waals surface area contributed by atoms with Gasteiger partial charge in [-0.2, -0.15) is 0 Å². The fourth-order valence-electron chi connectivity index (χ4n) is 4.22. The Balaban J connectivity index is 1.58. The Bertz CT molecular complexity index is 1390. The van der Waals surface area contributed by atoms with E-state index in [1.807, 2.05) is 0 Å². The Kier molecular flexibility index (Phi) is 12.4. The van der Waals surface area contributed by atoms with Crippen LogP contribution in [0.2, 0.25) is 5.02 Å². The maximum Gasteiger partial charge on any atom is 0.412 e. The molecular weight excluding hydrogens is 570 g/mol. The van der Waals surface area contributed by atoms with Gasteiger partial charge in [-0.1, -0.05) is 23.7 Å². The van der Waals surface area contributed by atoms with Crippen molar-refractivity contribution in [1.82, 2.24) is 14.8 Å². The van der Waals surface area contributed by atoms with Gasteiger partial charge < -0.3 is 14.4 Å². The number of benzene rings is 2. The largest absolute Gasteiger partial charge is 0.465 e. The number of rotatable bonds is 14. The first kappa shape index (κ1) is 32.7. The predicted octanol–water partition coefficient (Wildman–Crippen LogP) is 5.45. The number of unbranched alkanes of at least 4 members (excludes halogenated alkanes) is 1. The molecule has 0 aliphatic rings. The van der Waals surface area contributed by atoms with Gasteiger partial charge in [0.2, 0.25) is 5.91 Å². The molecule has 0 aliphatic carbocycles. The number of hydrogen-bond donors (Lipinski definition) is 1. The van der Waals surface area contributed by atoms with Crippen molar-refractivity contribution < 1.29 is 32.6 Å². The van der Waals surface area contributed by atoms with Gasteiger partial charge in [0.25, 0.3) is 0 Å². The first-order chi connectivity index (χ1) is 20.0. The monoisotopic (exact) mass is 604 g/mol. The van der Waals surface area contributed by atoms with E-state index < -0.39 is 23.8 Å². The van der Waals surface area contributed by atoms with E-state index in [1.54, 1.807) is 38.2 Å². The smallest absolute Gasteiger partial charge is 0.412 e. The number of aromatic nitrogens is 1. The summed E-state index contributed by atoms with van der Waals surface area (Å²) in [6.45, 7) is 0.293. The second kappa shape index (κ2) is 16.0. The van der Waals surface area contributed by atoms with Crippen LogP contribution in [0.4, 0.5) is 19.4 Å². The SMILES string of the molecule is CN(C)CC(=O)OCCCC[C@@H](COC(=O)Nc1cc2cc(F)ccc2cn1)N(C)C(=O)CCc1cccc(F)c1Cl. The number of amides is 2. The summed E-state index contributed by atoms with van der Waals surface area (Å²) in [5.41, 5.74) is 0.521. The van der Waals surface area contributed by atoms with E-state index in [9.17, 15) is 23.2 Å². The molecule has 3 rings (SSSR count). The molecule has 1 heterocycles. The van der Waals surface area contributed by atoms with Crippen LogP contribution in [0.3, 0.4) is 0 Å². The molecule has 0 spiro atoms. The van der Waals surface area contributed by atoms with Crippen LogP contribution in [0.15, 0.2) is 48.7 Å². The zero-order chi connectivity index (χ0) is 30.6. The highest BCUT2D eigenvalue weighted by molar-refractivity contribution is 6.31. The van der Waals surface area contributed by atoms with Crippen molar-refractivity contribution in [3.8, 4) is 0 Å². The number of halogens is 3. The summed E-state index contributed by atoms with van der Waals surface area (Å²) < 4.78 is 38.0. The van der Waals surface area contributed by atoms with E-state index in [2.05, 4.69) is 10.3 Å². The van der Waals surface area contributed by atoms with Gasteiger partial charge >= 0.3 is 12.1 Å². The summed E-state index contributed by atoms with van der Waals surface area (Å²) >= 11 is 6.03. The summed E-state index contributed by atoms with van der Waals surface area (Å²) in [6, 6.07) is 9.74. The van der Waals surface area contributed by atoms with Gasteiger partial charge in [-0.15, -0.1) is 0 Å². The maximum absolute atomic E-state index is 13.8. The highest BCUT2D eigenvalue weighted by atomic mass is 35.5. The second-order valence-corrected chi connectivity index (χ2v) is 10.5. The molecule has 1 N–H and O–H groups in total. The third kappa shape index (κ3) is 10.2. The molecule has 226 valence electrons. The van der Waals surface area contributed by atoms with E-state index in [1.165, 1.54) is 41.4 Å². The van der Waals surface area contributed by atoms with Crippen LogP contribution >= 0.6 is 11.6 Å². The number of fused-ring (bicyclic) bond motifs is 1. The number of hydrogen-bond acceptors (Lipinski definition) is 7. The number of anilines is 1. The lowest BCUT2D eigenvalue weighted by Crippen LogP contribution is -2.41. The molecule has 0 fully saturated rings. The third-order valence-corrected chi connectivity index (χ3v) is 6.96. The average Bonchev–Trinajstić information content (AvgIpc) is 2.94. The van der Waals surface area contributed by atoms with Gasteiger partial charge in [-0.05, 0) is 81.1 Å². The van der Waals surface area contributed by atoms with Crippen LogP contribution < -0.4 is 5.32 Å². The second-order valence-electron chi connectivity index (χ2n) is 10.1. The number of esters is 1. The standard InChI is InChI=1S/C30H35ClF2N4O5/c1-36(2)18-28(39)41-14-5-4-8-24(37(3)27(38)13-11-20-7-6-9-25(33)29(20)31)19-42-30(40)35-26-16-22-15-23(32)12-10-21(22)17-34-26/h6-7,9-10,12,15-17,24H,4-5,8,11,13-14,18-19H2,1-3H3,(H,34,35,40)/t24-/m0/s1. The minimum atomic E-state index is -0.784. The first-order valence-corrected chi connectivity index (χ1v) is 13.9. The fourth-order valence-corrected chi connectivity index (χ4v) is 4.44. The molecule has 2 amide bonds. The summed E-state index contributed by atoms with van der Waals surface area (Å²) in [5, 5.41) is 3.79. The van der Waals surface area contributed by atoms with Crippen molar-refractivity contribution in [2.45, 2.75) is 38.1 Å². The van der Waals surface area contributed by atoms with E-state index >= 15 is 0 Å². The number of nitrogens with zero attached hydrogens (tertiary/aromatic N) is 3. The minimum absolute atomic E-state index is 0.0154. The molecule has 0 saturated heterocycles. The summed E-state index contributed by atoms with van der Waals surface area (Å²) in [5.74, 6) is -1.34. The van der Waals surface area contributed by atoms with Crippen molar-refractivity contribution in [3.05, 3.63) is 70.9 Å². The van der Waals surface area contributed by atoms with Crippen molar-refractivity contribution in [2.24, 2.45) is 0 Å². The zero-order valence-corrected chi connectivity index (χ0v) is 24.6. The Morgan fingerprint density at radius 2 is 1.81 bits per heavy atom. The molecule has 2 aromatic carbocycles. The number of aryl methyl sites for hydroxylation is 1. The molecule has 1 atom stereocenters. The van der Waals surface area contributed by atoms with Gasteiger partial charge in [-0.25, -0.2) is 18.6 Å². The van der Waals surface area contributed by atoms with Crippen LogP contribution in [0.25, 0.3) is 10.8 Å². The first-order valence-electron chi connectivity index (χ1n) is 13.5. The topological polar surface area (TPSA) is 101 Å². The van der Waals surface area contributed by atoms with Crippen molar-refractivity contribution in [1.29, 1.82) is 0 Å². The predicted molar refractivity (Wildman–Crippen MR) is 156 cm³/mol. The number of carbonyl (C=O) groups is 3. The Hall–Kier alpha value is -3.83. The number of likely N-dealkylation sites (N-methyl/N-ethyl adjacent to an activating group) is 2. The molecule has 0 aliphatic heterocycles. The number of carbonyl (C=O) groups excluding carboxylic acids is 3. The van der Waals surface area contributed by atoms with E-state index in [0.717, 1.165) is 0 Å². The van der Waals surface area contributed by atoms with Gasteiger partial charge in [0.15, 0.2) is 0 Å². The molecule has 1 aromatic heterocycles. The normalized spacial score (nSPS) is 11.8. The summed E-state index contributed by atoms with van der Waals surface area (Å²) in [7, 11) is 5.15. The van der Waals surface area contributed by atoms with Crippen LogP contribution in [-0.4, -0.2) is 79.7 Å². The molecule has 12 heteroatoms. The summed E-state index contributed by atoms with van der Waals surface area (Å²) in [4.78, 5) is 44.7. The number of ether oxygens (including phenoxy) is 2. The van der Waals surface area contributed by atoms with Crippen LogP contribution in [0.5, 0.6) is 0 Å². The van der Waals surface area contributed by atoms with E-state index in [-0.39, 0.29) is 55.3 Å². The van der Waals surface area contributed by atoms with Gasteiger partial charge in [-0.3, -0.25) is 19.8 Å². The molecule has 0 unspecified atom stereocenters. The number of nitrogens with one attached hydrogen (secondary N) is 1. The van der Waals surface area contributed by atoms with E-state index in [4.69, 9.17) is 21.1 Å². The number of pyridine rings is 1. The van der Waals surface area contributed by atoms with Gasteiger partial charge in [0.05, 0.1) is 24.2 Å². The summed E-state index contributed by atoms with van der Waals surface area (Å²) in [6.07, 6.45) is 2.65. The molecule has 42 heavy (non-hydrogen) atoms. The zero-order valence-electron chi connectivity index (χ0n) is 23.9. The quantitative estimate of drug-likeness (QED) is 0.193. The minimum Gasteiger partial charge on any atom is -0.465 e. The van der Waals surface area contributed by atoms with Crippen molar-refractivity contribution >= 4 is 46.2 Å². The van der Waals surface area contributed by atoms with Gasteiger partial charge in [0.1, 0.15) is 24.1 Å². The maximum atomic E-state index is 13.8. The molecule has 3 aromatic rings. The average molecular weight is 605 g/mol. The highest BCUT2D eigenvalue weighted by Crippen LogP contribution is 2.22. The Labute approximate surface area is 248 Å². The highest BCUT2D eigenvalue weighted by Gasteiger charge is 2.22. The van der Waals surface area contributed by atoms with Crippen molar-refractivity contribution in [2.75, 3.05) is 46.2 Å². The van der Waals surface area contributed by atoms with Crippen LogP contribution in [-0.2, 0) is 25.5 Å². The molecule has 0 bridgehead atoms. The molecule has 9 nitrogen and oxygen atoms in total. The lowest BCUT2D eigenvalue weighted by atomic mass is 10.1. The van der Waals surface area contributed by atoms with Gasteiger partial charge in [0, 0.05) is 25.1 Å². The molecular formula is C30H35ClF2N4O5. The van der Waals surface area contributed by atoms with E-state index in [0.29, 0.717) is 35.6 Å².